The minimum atomic E-state index is -1.17. The Morgan fingerprint density at radius 3 is 2.67 bits per heavy atom. The normalized spacial score (nSPS) is 25.4. The Labute approximate surface area is 94.9 Å². The van der Waals surface area contributed by atoms with E-state index in [9.17, 15) is 5.11 Å². The van der Waals surface area contributed by atoms with Crippen molar-refractivity contribution in [2.24, 2.45) is 5.92 Å². The number of hydrogen-bond donors (Lipinski definition) is 1. The molecule has 1 nitrogen and oxygen atoms in total. The average molecular weight is 224 g/mol. The zero-order chi connectivity index (χ0) is 11.5. The Kier molecular flexibility index (Phi) is 4.35. The van der Waals surface area contributed by atoms with Gasteiger partial charge in [-0.2, -0.15) is 0 Å². The van der Waals surface area contributed by atoms with Gasteiger partial charge in [0.15, 0.2) is 0 Å². The molecular formula is C13H24OSi. The molecular weight excluding hydrogens is 200 g/mol. The zero-order valence-electron chi connectivity index (χ0n) is 10.5. The number of aliphatic hydroxyl groups is 1. The van der Waals surface area contributed by atoms with Gasteiger partial charge in [-0.1, -0.05) is 44.4 Å². The third-order valence-corrected chi connectivity index (χ3v) is 3.97. The summed E-state index contributed by atoms with van der Waals surface area (Å²) < 4.78 is 0. The maximum atomic E-state index is 10.0. The fraction of sp³-hybridized carbons (Fsp3) is 0.692. The van der Waals surface area contributed by atoms with E-state index < -0.39 is 8.07 Å². The van der Waals surface area contributed by atoms with Gasteiger partial charge in [0.25, 0.3) is 0 Å². The lowest BCUT2D eigenvalue weighted by Crippen LogP contribution is -2.18. The summed E-state index contributed by atoms with van der Waals surface area (Å²) in [5, 5.41) is 10.0. The molecule has 0 fully saturated rings. The quantitative estimate of drug-likeness (QED) is 0.574. The van der Waals surface area contributed by atoms with Crippen LogP contribution in [0.3, 0.4) is 0 Å². The second-order valence-electron chi connectivity index (χ2n) is 5.78. The highest BCUT2D eigenvalue weighted by atomic mass is 28.3. The topological polar surface area (TPSA) is 20.2 Å². The molecule has 0 aromatic heterocycles. The molecule has 1 aliphatic carbocycles. The van der Waals surface area contributed by atoms with E-state index in [0.717, 1.165) is 6.42 Å². The SMILES string of the molecule is CC1C=C(C(O)/C=C/[Si](C)(C)C)CCC1. The minimum absolute atomic E-state index is 0.334. The molecule has 0 radical (unpaired) electrons. The molecule has 0 spiro atoms. The van der Waals surface area contributed by atoms with Crippen LogP contribution in [0.4, 0.5) is 0 Å². The van der Waals surface area contributed by atoms with E-state index >= 15 is 0 Å². The van der Waals surface area contributed by atoms with Gasteiger partial charge in [0.2, 0.25) is 0 Å². The molecule has 0 amide bonds. The van der Waals surface area contributed by atoms with Gasteiger partial charge < -0.3 is 5.11 Å². The van der Waals surface area contributed by atoms with Crippen molar-refractivity contribution in [3.63, 3.8) is 0 Å². The Bertz CT molecular complexity index is 260. The summed E-state index contributed by atoms with van der Waals surface area (Å²) in [7, 11) is -1.17. The molecule has 86 valence electrons. The lowest BCUT2D eigenvalue weighted by molar-refractivity contribution is 0.249. The van der Waals surface area contributed by atoms with Gasteiger partial charge in [-0.25, -0.2) is 0 Å². The van der Waals surface area contributed by atoms with Gasteiger partial charge in [-0.3, -0.25) is 0 Å². The molecule has 2 atom stereocenters. The Hall–Kier alpha value is -0.343. The smallest absolute Gasteiger partial charge is 0.0928 e. The zero-order valence-corrected chi connectivity index (χ0v) is 11.5. The Balaban J connectivity index is 2.61. The Morgan fingerprint density at radius 2 is 2.13 bits per heavy atom. The molecule has 2 heteroatoms. The summed E-state index contributed by atoms with van der Waals surface area (Å²) >= 11 is 0. The second kappa shape index (κ2) is 5.13. The van der Waals surface area contributed by atoms with Crippen molar-refractivity contribution in [2.75, 3.05) is 0 Å². The van der Waals surface area contributed by atoms with Gasteiger partial charge in [0, 0.05) is 0 Å². The maximum absolute atomic E-state index is 10.0. The van der Waals surface area contributed by atoms with Crippen LogP contribution in [-0.2, 0) is 0 Å². The summed E-state index contributed by atoms with van der Waals surface area (Å²) in [4.78, 5) is 0. The van der Waals surface area contributed by atoms with Crippen molar-refractivity contribution >= 4 is 8.07 Å². The highest BCUT2D eigenvalue weighted by Crippen LogP contribution is 2.25. The number of hydrogen-bond acceptors (Lipinski definition) is 1. The van der Waals surface area contributed by atoms with Gasteiger partial charge in [-0.15, -0.1) is 0 Å². The highest BCUT2D eigenvalue weighted by molar-refractivity contribution is 6.80. The van der Waals surface area contributed by atoms with E-state index in [1.807, 2.05) is 6.08 Å². The molecule has 1 N–H and O–H groups in total. The molecule has 0 saturated heterocycles. The molecule has 1 rings (SSSR count). The summed E-state index contributed by atoms with van der Waals surface area (Å²) in [5.41, 5.74) is 3.46. The van der Waals surface area contributed by atoms with Crippen LogP contribution < -0.4 is 0 Å². The van der Waals surface area contributed by atoms with Crippen molar-refractivity contribution in [2.45, 2.75) is 51.9 Å². The molecule has 0 aromatic carbocycles. The van der Waals surface area contributed by atoms with Crippen LogP contribution in [0.2, 0.25) is 19.6 Å². The first-order valence-corrected chi connectivity index (χ1v) is 9.54. The van der Waals surface area contributed by atoms with Crippen LogP contribution in [0.25, 0.3) is 0 Å². The monoisotopic (exact) mass is 224 g/mol. The largest absolute Gasteiger partial charge is 0.385 e. The molecule has 0 aliphatic heterocycles. The number of aliphatic hydroxyl groups excluding tert-OH is 1. The predicted octanol–water partition coefficient (Wildman–Crippen LogP) is 3.53. The average Bonchev–Trinajstić information content (AvgIpc) is 2.13. The molecule has 2 unspecified atom stereocenters. The van der Waals surface area contributed by atoms with Gasteiger partial charge >= 0.3 is 0 Å². The summed E-state index contributed by atoms with van der Waals surface area (Å²) in [6.07, 6.45) is 7.48. The lowest BCUT2D eigenvalue weighted by Gasteiger charge is -2.21. The van der Waals surface area contributed by atoms with E-state index in [1.54, 1.807) is 0 Å². The first-order chi connectivity index (χ1) is 6.88. The fourth-order valence-corrected chi connectivity index (χ4v) is 2.67. The highest BCUT2D eigenvalue weighted by Gasteiger charge is 2.15. The van der Waals surface area contributed by atoms with Crippen molar-refractivity contribution in [3.8, 4) is 0 Å². The van der Waals surface area contributed by atoms with E-state index in [-0.39, 0.29) is 6.10 Å². The summed E-state index contributed by atoms with van der Waals surface area (Å²) in [6.45, 7) is 9.09. The van der Waals surface area contributed by atoms with E-state index in [1.165, 1.54) is 18.4 Å². The van der Waals surface area contributed by atoms with Gasteiger partial charge in [0.1, 0.15) is 0 Å². The lowest BCUT2D eigenvalue weighted by atomic mass is 9.89. The van der Waals surface area contributed by atoms with Crippen LogP contribution >= 0.6 is 0 Å². The van der Waals surface area contributed by atoms with Crippen LogP contribution in [0.15, 0.2) is 23.4 Å². The van der Waals surface area contributed by atoms with Crippen LogP contribution in [0, 0.1) is 5.92 Å². The van der Waals surface area contributed by atoms with Crippen LogP contribution in [-0.4, -0.2) is 19.3 Å². The fourth-order valence-electron chi connectivity index (χ4n) is 1.91. The predicted molar refractivity (Wildman–Crippen MR) is 69.6 cm³/mol. The van der Waals surface area contributed by atoms with Gasteiger partial charge in [-0.05, 0) is 30.8 Å². The third kappa shape index (κ3) is 4.80. The number of rotatable bonds is 3. The molecule has 1 aliphatic rings. The van der Waals surface area contributed by atoms with Crippen LogP contribution in [0.5, 0.6) is 0 Å². The van der Waals surface area contributed by atoms with Crippen molar-refractivity contribution < 1.29 is 5.11 Å². The van der Waals surface area contributed by atoms with E-state index in [2.05, 4.69) is 38.3 Å². The Morgan fingerprint density at radius 1 is 1.47 bits per heavy atom. The standard InChI is InChI=1S/C13H24OSi/c1-11-6-5-7-12(10-11)13(14)8-9-15(2,3)4/h8-11,13-14H,5-7H2,1-4H3/b9-8+. The molecule has 0 saturated carbocycles. The molecule has 0 aromatic rings. The van der Waals surface area contributed by atoms with Gasteiger partial charge in [0.05, 0.1) is 14.2 Å². The van der Waals surface area contributed by atoms with E-state index in [0.29, 0.717) is 5.92 Å². The first kappa shape index (κ1) is 12.7. The van der Waals surface area contributed by atoms with Crippen molar-refractivity contribution in [1.29, 1.82) is 0 Å². The van der Waals surface area contributed by atoms with E-state index in [4.69, 9.17) is 0 Å². The van der Waals surface area contributed by atoms with Crippen molar-refractivity contribution in [1.82, 2.24) is 0 Å². The summed E-state index contributed by atoms with van der Waals surface area (Å²) in [6, 6.07) is 0. The molecule has 0 heterocycles. The molecule has 0 bridgehead atoms. The number of allylic oxidation sites excluding steroid dienone is 1. The second-order valence-corrected chi connectivity index (χ2v) is 10.8. The van der Waals surface area contributed by atoms with Crippen LogP contribution in [0.1, 0.15) is 26.2 Å². The minimum Gasteiger partial charge on any atom is -0.385 e. The summed E-state index contributed by atoms with van der Waals surface area (Å²) in [5.74, 6) is 0.642. The first-order valence-electron chi connectivity index (χ1n) is 5.96. The third-order valence-electron chi connectivity index (χ3n) is 2.78. The maximum Gasteiger partial charge on any atom is 0.0928 e. The molecule has 15 heavy (non-hydrogen) atoms. The van der Waals surface area contributed by atoms with Crippen molar-refractivity contribution in [3.05, 3.63) is 23.4 Å².